The molecule has 0 aliphatic heterocycles. The van der Waals surface area contributed by atoms with Gasteiger partial charge in [0.05, 0.1) is 16.9 Å². The summed E-state index contributed by atoms with van der Waals surface area (Å²) >= 11 is 5.96. The third-order valence-corrected chi connectivity index (χ3v) is 3.31. The molecule has 0 bridgehead atoms. The predicted molar refractivity (Wildman–Crippen MR) is 69.0 cm³/mol. The first-order valence-corrected chi connectivity index (χ1v) is 6.24. The Morgan fingerprint density at radius 2 is 2.19 bits per heavy atom. The first-order valence-electron chi connectivity index (χ1n) is 5.70. The molecule has 1 heterocycles. The predicted octanol–water partition coefficient (Wildman–Crippen LogP) is 4.05. The molecule has 0 N–H and O–H groups in total. The van der Waals surface area contributed by atoms with Crippen LogP contribution in [-0.4, -0.2) is 9.55 Å². The molecule has 1 atom stereocenters. The molecule has 0 aliphatic carbocycles. The van der Waals surface area contributed by atoms with E-state index < -0.39 is 0 Å². The monoisotopic (exact) mass is 236 g/mol. The summed E-state index contributed by atoms with van der Waals surface area (Å²) in [7, 11) is 0. The fourth-order valence-electron chi connectivity index (χ4n) is 2.03. The normalized spacial score (nSPS) is 13.2. The van der Waals surface area contributed by atoms with E-state index in [2.05, 4.69) is 48.5 Å². The summed E-state index contributed by atoms with van der Waals surface area (Å²) in [4.78, 5) is 4.59. The maximum atomic E-state index is 5.96. The van der Waals surface area contributed by atoms with Gasteiger partial charge in [0.25, 0.3) is 0 Å². The zero-order valence-corrected chi connectivity index (χ0v) is 10.8. The van der Waals surface area contributed by atoms with Crippen molar-refractivity contribution in [2.45, 2.75) is 39.1 Å². The molecule has 0 radical (unpaired) electrons. The van der Waals surface area contributed by atoms with E-state index in [1.807, 2.05) is 0 Å². The number of aromatic nitrogens is 2. The van der Waals surface area contributed by atoms with Gasteiger partial charge in [-0.2, -0.15) is 0 Å². The minimum Gasteiger partial charge on any atom is -0.324 e. The largest absolute Gasteiger partial charge is 0.324 e. The van der Waals surface area contributed by atoms with Gasteiger partial charge in [-0.3, -0.25) is 0 Å². The number of hydrogen-bond acceptors (Lipinski definition) is 1. The zero-order chi connectivity index (χ0) is 11.7. The van der Waals surface area contributed by atoms with Gasteiger partial charge in [0, 0.05) is 6.04 Å². The Morgan fingerprint density at radius 3 is 2.81 bits per heavy atom. The van der Waals surface area contributed by atoms with E-state index in [4.69, 9.17) is 11.6 Å². The number of benzene rings is 1. The Labute approximate surface area is 101 Å². The van der Waals surface area contributed by atoms with Crippen molar-refractivity contribution < 1.29 is 0 Å². The van der Waals surface area contributed by atoms with Crippen LogP contribution in [0, 0.1) is 6.92 Å². The van der Waals surface area contributed by atoms with Gasteiger partial charge in [0.1, 0.15) is 5.82 Å². The van der Waals surface area contributed by atoms with E-state index in [-0.39, 0.29) is 0 Å². The summed E-state index contributed by atoms with van der Waals surface area (Å²) in [6, 6.07) is 6.83. The Morgan fingerprint density at radius 1 is 1.44 bits per heavy atom. The number of rotatable bonds is 3. The summed E-state index contributed by atoms with van der Waals surface area (Å²) in [6.45, 7) is 6.47. The molecule has 2 nitrogen and oxygen atoms in total. The van der Waals surface area contributed by atoms with Crippen molar-refractivity contribution in [2.75, 3.05) is 0 Å². The highest BCUT2D eigenvalue weighted by atomic mass is 35.5. The van der Waals surface area contributed by atoms with Crippen LogP contribution in [0.2, 0.25) is 0 Å². The van der Waals surface area contributed by atoms with Crippen LogP contribution in [0.3, 0.4) is 0 Å². The minimum atomic E-state index is 0.446. The van der Waals surface area contributed by atoms with E-state index in [1.165, 1.54) is 11.1 Å². The van der Waals surface area contributed by atoms with Crippen molar-refractivity contribution in [3.8, 4) is 0 Å². The standard InChI is InChI=1S/C13H17ClN2/c1-4-10(3)16-12-6-5-9(2)7-11(12)15-13(16)8-14/h5-7,10H,4,8H2,1-3H3. The number of halogens is 1. The number of hydrogen-bond donors (Lipinski definition) is 0. The van der Waals surface area contributed by atoms with Crippen LogP contribution in [0.1, 0.15) is 37.7 Å². The average Bonchev–Trinajstić information content (AvgIpc) is 2.65. The van der Waals surface area contributed by atoms with E-state index in [1.54, 1.807) is 0 Å². The molecule has 0 amide bonds. The van der Waals surface area contributed by atoms with Gasteiger partial charge in [0.2, 0.25) is 0 Å². The van der Waals surface area contributed by atoms with Crippen molar-refractivity contribution in [3.05, 3.63) is 29.6 Å². The second kappa shape index (κ2) is 4.46. The smallest absolute Gasteiger partial charge is 0.125 e. The van der Waals surface area contributed by atoms with Crippen molar-refractivity contribution in [1.82, 2.24) is 9.55 Å². The molecule has 86 valence electrons. The highest BCUT2D eigenvalue weighted by molar-refractivity contribution is 6.16. The van der Waals surface area contributed by atoms with E-state index in [9.17, 15) is 0 Å². The van der Waals surface area contributed by atoms with E-state index >= 15 is 0 Å². The Bertz CT molecular complexity index is 502. The van der Waals surface area contributed by atoms with Gasteiger partial charge in [-0.15, -0.1) is 11.6 Å². The third kappa shape index (κ3) is 1.82. The number of imidazole rings is 1. The molecular weight excluding hydrogens is 220 g/mol. The number of nitrogens with zero attached hydrogens (tertiary/aromatic N) is 2. The molecule has 0 spiro atoms. The van der Waals surface area contributed by atoms with Gasteiger partial charge in [0.15, 0.2) is 0 Å². The molecule has 0 fully saturated rings. The van der Waals surface area contributed by atoms with Crippen LogP contribution in [0.25, 0.3) is 11.0 Å². The lowest BCUT2D eigenvalue weighted by Crippen LogP contribution is -2.07. The molecule has 0 saturated carbocycles. The summed E-state index contributed by atoms with van der Waals surface area (Å²) in [5, 5.41) is 0. The van der Waals surface area contributed by atoms with Crippen molar-refractivity contribution in [3.63, 3.8) is 0 Å². The van der Waals surface area contributed by atoms with Crippen molar-refractivity contribution >= 4 is 22.6 Å². The van der Waals surface area contributed by atoms with Crippen molar-refractivity contribution in [1.29, 1.82) is 0 Å². The zero-order valence-electron chi connectivity index (χ0n) is 10.00. The lowest BCUT2D eigenvalue weighted by Gasteiger charge is -2.14. The van der Waals surface area contributed by atoms with Crippen LogP contribution >= 0.6 is 11.6 Å². The second-order valence-corrected chi connectivity index (χ2v) is 4.55. The van der Waals surface area contributed by atoms with Gasteiger partial charge >= 0.3 is 0 Å². The highest BCUT2D eigenvalue weighted by Crippen LogP contribution is 2.24. The van der Waals surface area contributed by atoms with Crippen LogP contribution in [0.5, 0.6) is 0 Å². The molecule has 1 aromatic heterocycles. The van der Waals surface area contributed by atoms with Gasteiger partial charge in [-0.25, -0.2) is 4.98 Å². The highest BCUT2D eigenvalue weighted by Gasteiger charge is 2.13. The molecule has 3 heteroatoms. The topological polar surface area (TPSA) is 17.8 Å². The van der Waals surface area contributed by atoms with Crippen LogP contribution < -0.4 is 0 Å². The summed E-state index contributed by atoms with van der Waals surface area (Å²) in [6.07, 6.45) is 1.09. The number of alkyl halides is 1. The fourth-order valence-corrected chi connectivity index (χ4v) is 2.22. The first kappa shape index (κ1) is 11.5. The molecule has 1 aromatic carbocycles. The van der Waals surface area contributed by atoms with Crippen LogP contribution in [0.4, 0.5) is 0 Å². The van der Waals surface area contributed by atoms with Crippen LogP contribution in [0.15, 0.2) is 18.2 Å². The molecule has 1 unspecified atom stereocenters. The maximum Gasteiger partial charge on any atom is 0.125 e. The molecule has 2 aromatic rings. The lowest BCUT2D eigenvalue weighted by atomic mass is 10.2. The first-order chi connectivity index (χ1) is 7.67. The third-order valence-electron chi connectivity index (χ3n) is 3.07. The summed E-state index contributed by atoms with van der Waals surface area (Å²) < 4.78 is 2.25. The summed E-state index contributed by atoms with van der Waals surface area (Å²) in [5.41, 5.74) is 3.48. The quantitative estimate of drug-likeness (QED) is 0.735. The molecular formula is C13H17ClN2. The molecule has 0 aliphatic rings. The minimum absolute atomic E-state index is 0.446. The van der Waals surface area contributed by atoms with E-state index in [0.717, 1.165) is 17.8 Å². The SMILES string of the molecule is CCC(C)n1c(CCl)nc2cc(C)ccc21. The lowest BCUT2D eigenvalue weighted by molar-refractivity contribution is 0.530. The molecule has 2 rings (SSSR count). The Hall–Kier alpha value is -1.02. The van der Waals surface area contributed by atoms with Crippen LogP contribution in [-0.2, 0) is 5.88 Å². The molecule has 0 saturated heterocycles. The summed E-state index contributed by atoms with van der Waals surface area (Å²) in [5.74, 6) is 1.44. The van der Waals surface area contributed by atoms with Gasteiger partial charge < -0.3 is 4.57 Å². The number of aryl methyl sites for hydroxylation is 1. The van der Waals surface area contributed by atoms with Gasteiger partial charge in [-0.1, -0.05) is 13.0 Å². The van der Waals surface area contributed by atoms with Gasteiger partial charge in [-0.05, 0) is 38.0 Å². The Kier molecular flexibility index (Phi) is 3.20. The average molecular weight is 237 g/mol. The maximum absolute atomic E-state index is 5.96. The second-order valence-electron chi connectivity index (χ2n) is 4.28. The van der Waals surface area contributed by atoms with E-state index in [0.29, 0.717) is 11.9 Å². The van der Waals surface area contributed by atoms with Crippen molar-refractivity contribution in [2.24, 2.45) is 0 Å². The fraction of sp³-hybridized carbons (Fsp3) is 0.462. The molecule has 16 heavy (non-hydrogen) atoms. The Balaban J connectivity index is 2.68. The number of fused-ring (bicyclic) bond motifs is 1.